The van der Waals surface area contributed by atoms with Crippen LogP contribution in [0, 0.1) is 0 Å². The molecule has 2 rings (SSSR count). The molecule has 0 radical (unpaired) electrons. The molecule has 0 aliphatic heterocycles. The third kappa shape index (κ3) is 2.34. The Hall–Kier alpha value is -1.75. The largest absolute Gasteiger partial charge is 0.493 e. The second-order valence-electron chi connectivity index (χ2n) is 4.18. The van der Waals surface area contributed by atoms with Crippen molar-refractivity contribution in [2.24, 2.45) is 5.73 Å². The average molecular weight is 236 g/mol. The molecule has 3 N–H and O–H groups in total. The summed E-state index contributed by atoms with van der Waals surface area (Å²) in [6.07, 6.45) is 1.48. The molecule has 5 heteroatoms. The molecule has 0 saturated heterocycles. The number of carbonyl (C=O) groups is 1. The van der Waals surface area contributed by atoms with Gasteiger partial charge in [0, 0.05) is 11.8 Å². The van der Waals surface area contributed by atoms with Gasteiger partial charge in [-0.1, -0.05) is 0 Å². The van der Waals surface area contributed by atoms with Gasteiger partial charge in [0.05, 0.1) is 19.8 Å². The molecule has 1 saturated carbocycles. The van der Waals surface area contributed by atoms with Crippen LogP contribution >= 0.6 is 0 Å². The predicted molar refractivity (Wildman–Crippen MR) is 64.3 cm³/mol. The van der Waals surface area contributed by atoms with Gasteiger partial charge in [0.2, 0.25) is 5.91 Å². The highest BCUT2D eigenvalue weighted by Crippen LogP contribution is 2.34. The Morgan fingerprint density at radius 1 is 1.29 bits per heavy atom. The normalized spacial score (nSPS) is 16.2. The molecule has 0 bridgehead atoms. The van der Waals surface area contributed by atoms with Crippen LogP contribution in [0.5, 0.6) is 11.5 Å². The molecule has 1 aliphatic carbocycles. The molecule has 1 aromatic rings. The van der Waals surface area contributed by atoms with Crippen LogP contribution in [0.2, 0.25) is 0 Å². The van der Waals surface area contributed by atoms with Crippen LogP contribution in [0.25, 0.3) is 0 Å². The van der Waals surface area contributed by atoms with Crippen LogP contribution in [0.15, 0.2) is 18.2 Å². The molecule has 1 aliphatic rings. The van der Waals surface area contributed by atoms with E-state index in [1.165, 1.54) is 0 Å². The van der Waals surface area contributed by atoms with Crippen molar-refractivity contribution in [3.8, 4) is 11.5 Å². The van der Waals surface area contributed by atoms with Gasteiger partial charge in [-0.2, -0.15) is 0 Å². The summed E-state index contributed by atoms with van der Waals surface area (Å²) in [6, 6.07) is 5.21. The minimum absolute atomic E-state index is 0.148. The van der Waals surface area contributed by atoms with Crippen LogP contribution in [0.3, 0.4) is 0 Å². The number of nitrogens with two attached hydrogens (primary N) is 1. The Kier molecular flexibility index (Phi) is 2.93. The maximum Gasteiger partial charge on any atom is 0.244 e. The first-order valence-corrected chi connectivity index (χ1v) is 5.41. The van der Waals surface area contributed by atoms with Crippen LogP contribution in [0.4, 0.5) is 5.69 Å². The van der Waals surface area contributed by atoms with Gasteiger partial charge < -0.3 is 20.5 Å². The summed E-state index contributed by atoms with van der Waals surface area (Å²) < 4.78 is 10.3. The number of hydrogen-bond acceptors (Lipinski definition) is 4. The molecule has 92 valence electrons. The van der Waals surface area contributed by atoms with Crippen molar-refractivity contribution in [3.63, 3.8) is 0 Å². The molecule has 1 fully saturated rings. The number of hydrogen-bond donors (Lipinski definition) is 2. The van der Waals surface area contributed by atoms with Crippen LogP contribution in [0.1, 0.15) is 12.8 Å². The topological polar surface area (TPSA) is 73.6 Å². The highest BCUT2D eigenvalue weighted by molar-refractivity contribution is 6.00. The van der Waals surface area contributed by atoms with Gasteiger partial charge in [-0.25, -0.2) is 0 Å². The number of rotatable bonds is 4. The zero-order valence-corrected chi connectivity index (χ0v) is 9.95. The molecule has 0 unspecified atom stereocenters. The number of benzene rings is 1. The van der Waals surface area contributed by atoms with Gasteiger partial charge in [0.1, 0.15) is 0 Å². The van der Waals surface area contributed by atoms with E-state index < -0.39 is 5.54 Å². The predicted octanol–water partition coefficient (Wildman–Crippen LogP) is 1.13. The van der Waals surface area contributed by atoms with E-state index in [1.807, 2.05) is 0 Å². The van der Waals surface area contributed by atoms with Crippen LogP contribution < -0.4 is 20.5 Å². The quantitative estimate of drug-likeness (QED) is 0.822. The highest BCUT2D eigenvalue weighted by Gasteiger charge is 2.45. The number of anilines is 1. The van der Waals surface area contributed by atoms with Crippen molar-refractivity contribution in [3.05, 3.63) is 18.2 Å². The number of ether oxygens (including phenoxy) is 2. The van der Waals surface area contributed by atoms with Gasteiger partial charge in [-0.15, -0.1) is 0 Å². The SMILES string of the molecule is COc1ccc(NC(=O)C2(N)CC2)cc1OC. The maximum absolute atomic E-state index is 11.7. The number of carbonyl (C=O) groups excluding carboxylic acids is 1. The summed E-state index contributed by atoms with van der Waals surface area (Å²) in [7, 11) is 3.12. The maximum atomic E-state index is 11.7. The number of methoxy groups -OCH3 is 2. The van der Waals surface area contributed by atoms with Gasteiger partial charge in [0.25, 0.3) is 0 Å². The summed E-state index contributed by atoms with van der Waals surface area (Å²) in [6.45, 7) is 0. The standard InChI is InChI=1S/C12H16N2O3/c1-16-9-4-3-8(7-10(9)17-2)14-11(15)12(13)5-6-12/h3-4,7H,5-6,13H2,1-2H3,(H,14,15). The molecule has 0 aromatic heterocycles. The third-order valence-corrected chi connectivity index (χ3v) is 2.88. The molecule has 0 heterocycles. The van der Waals surface area contributed by atoms with Gasteiger partial charge in [-0.05, 0) is 25.0 Å². The molecular formula is C12H16N2O3. The number of nitrogens with one attached hydrogen (secondary N) is 1. The molecule has 1 amide bonds. The fourth-order valence-corrected chi connectivity index (χ4v) is 1.53. The second-order valence-corrected chi connectivity index (χ2v) is 4.18. The van der Waals surface area contributed by atoms with Crippen molar-refractivity contribution in [2.45, 2.75) is 18.4 Å². The van der Waals surface area contributed by atoms with Crippen molar-refractivity contribution >= 4 is 11.6 Å². The lowest BCUT2D eigenvalue weighted by atomic mass is 10.2. The van der Waals surface area contributed by atoms with E-state index in [4.69, 9.17) is 15.2 Å². The lowest BCUT2D eigenvalue weighted by Crippen LogP contribution is -2.37. The first-order valence-electron chi connectivity index (χ1n) is 5.41. The fourth-order valence-electron chi connectivity index (χ4n) is 1.53. The highest BCUT2D eigenvalue weighted by atomic mass is 16.5. The summed E-state index contributed by atoms with van der Waals surface area (Å²) in [4.78, 5) is 11.7. The first kappa shape index (κ1) is 11.7. The smallest absolute Gasteiger partial charge is 0.244 e. The van der Waals surface area contributed by atoms with Gasteiger partial charge in [0.15, 0.2) is 11.5 Å². The molecule has 1 aromatic carbocycles. The fraction of sp³-hybridized carbons (Fsp3) is 0.417. The zero-order chi connectivity index (χ0) is 12.5. The minimum atomic E-state index is -0.673. The first-order chi connectivity index (χ1) is 8.09. The lowest BCUT2D eigenvalue weighted by molar-refractivity contribution is -0.118. The van der Waals surface area contributed by atoms with E-state index in [2.05, 4.69) is 5.32 Å². The summed E-state index contributed by atoms with van der Waals surface area (Å²) >= 11 is 0. The minimum Gasteiger partial charge on any atom is -0.493 e. The van der Waals surface area contributed by atoms with Crippen molar-refractivity contribution in [2.75, 3.05) is 19.5 Å². The Labute approximate surface area is 99.9 Å². The van der Waals surface area contributed by atoms with E-state index in [-0.39, 0.29) is 5.91 Å². The summed E-state index contributed by atoms with van der Waals surface area (Å²) in [5, 5.41) is 2.77. The average Bonchev–Trinajstić information content (AvgIpc) is 3.08. The number of amides is 1. The van der Waals surface area contributed by atoms with E-state index in [0.29, 0.717) is 17.2 Å². The molecular weight excluding hydrogens is 220 g/mol. The monoisotopic (exact) mass is 236 g/mol. The van der Waals surface area contributed by atoms with Crippen molar-refractivity contribution < 1.29 is 14.3 Å². The van der Waals surface area contributed by atoms with E-state index >= 15 is 0 Å². The van der Waals surface area contributed by atoms with Gasteiger partial charge >= 0.3 is 0 Å². The molecule has 0 spiro atoms. The van der Waals surface area contributed by atoms with Crippen LogP contribution in [-0.4, -0.2) is 25.7 Å². The van der Waals surface area contributed by atoms with Gasteiger partial charge in [-0.3, -0.25) is 4.79 Å². The zero-order valence-electron chi connectivity index (χ0n) is 9.95. The summed E-state index contributed by atoms with van der Waals surface area (Å²) in [5.74, 6) is 1.05. The Morgan fingerprint density at radius 3 is 2.47 bits per heavy atom. The van der Waals surface area contributed by atoms with E-state index in [0.717, 1.165) is 12.8 Å². The molecule has 0 atom stereocenters. The molecule has 5 nitrogen and oxygen atoms in total. The van der Waals surface area contributed by atoms with Crippen molar-refractivity contribution in [1.29, 1.82) is 0 Å². The van der Waals surface area contributed by atoms with Crippen molar-refractivity contribution in [1.82, 2.24) is 0 Å². The Bertz CT molecular complexity index is 441. The Morgan fingerprint density at radius 2 is 1.94 bits per heavy atom. The lowest BCUT2D eigenvalue weighted by Gasteiger charge is -2.12. The van der Waals surface area contributed by atoms with E-state index in [1.54, 1.807) is 32.4 Å². The Balaban J connectivity index is 2.14. The molecule has 17 heavy (non-hydrogen) atoms. The summed E-state index contributed by atoms with van der Waals surface area (Å²) in [5.41, 5.74) is 5.78. The van der Waals surface area contributed by atoms with Crippen LogP contribution in [-0.2, 0) is 4.79 Å². The third-order valence-electron chi connectivity index (χ3n) is 2.88. The van der Waals surface area contributed by atoms with E-state index in [9.17, 15) is 4.79 Å². The second kappa shape index (κ2) is 4.25.